The molecule has 0 saturated heterocycles. The van der Waals surface area contributed by atoms with Gasteiger partial charge in [-0.2, -0.15) is 5.10 Å². The van der Waals surface area contributed by atoms with Crippen LogP contribution in [-0.2, 0) is 0 Å². The predicted octanol–water partition coefficient (Wildman–Crippen LogP) is 4.80. The lowest BCUT2D eigenvalue weighted by molar-refractivity contribution is 0.0926. The highest BCUT2D eigenvalue weighted by Crippen LogP contribution is 2.30. The Morgan fingerprint density at radius 3 is 2.52 bits per heavy atom. The third-order valence-corrected chi connectivity index (χ3v) is 5.07. The zero-order chi connectivity index (χ0) is 15.6. The number of amides is 1. The van der Waals surface area contributed by atoms with Gasteiger partial charge in [0.2, 0.25) is 0 Å². The monoisotopic (exact) mass is 542 g/mol. The number of hydrogen-bond donors (Lipinski definition) is 2. The summed E-state index contributed by atoms with van der Waals surface area (Å²) in [4.78, 5) is 11.8. The molecule has 110 valence electrons. The topological polar surface area (TPSA) is 74.8 Å². The molecule has 0 aliphatic heterocycles. The Morgan fingerprint density at radius 2 is 1.90 bits per heavy atom. The molecule has 0 aliphatic carbocycles. The normalized spacial score (nSPS) is 11.0. The Labute approximate surface area is 153 Å². The number of carbonyl (C=O) groups is 1. The lowest BCUT2D eigenvalue weighted by Crippen LogP contribution is -2.16. The van der Waals surface area contributed by atoms with Crippen LogP contribution >= 0.6 is 63.7 Å². The van der Waals surface area contributed by atoms with E-state index in [1.165, 1.54) is 12.3 Å². The first kappa shape index (κ1) is 16.7. The Hall–Kier alpha value is -0.640. The fraction of sp³-hybridized carbons (Fsp3) is 0. The van der Waals surface area contributed by atoms with Crippen molar-refractivity contribution in [2.45, 2.75) is 0 Å². The first-order valence-corrected chi connectivity index (χ1v) is 8.52. The predicted molar refractivity (Wildman–Crippen MR) is 92.7 cm³/mol. The van der Waals surface area contributed by atoms with Crippen molar-refractivity contribution in [3.8, 4) is 5.75 Å². The SMILES string of the molecule is O=C(N/N=C/c1cc(Br)cc(Br)c1O)c1cc(Br)c(Br)o1. The molecule has 0 unspecified atom stereocenters. The van der Waals surface area contributed by atoms with Gasteiger partial charge in [-0.25, -0.2) is 5.43 Å². The van der Waals surface area contributed by atoms with E-state index in [4.69, 9.17) is 4.42 Å². The van der Waals surface area contributed by atoms with Crippen LogP contribution in [-0.4, -0.2) is 17.2 Å². The number of hydrazone groups is 1. The van der Waals surface area contributed by atoms with E-state index >= 15 is 0 Å². The van der Waals surface area contributed by atoms with Crippen molar-refractivity contribution in [3.63, 3.8) is 0 Å². The van der Waals surface area contributed by atoms with E-state index in [9.17, 15) is 9.90 Å². The largest absolute Gasteiger partial charge is 0.506 e. The molecule has 1 heterocycles. The maximum Gasteiger partial charge on any atom is 0.307 e. The number of rotatable bonds is 3. The zero-order valence-corrected chi connectivity index (χ0v) is 16.4. The highest BCUT2D eigenvalue weighted by molar-refractivity contribution is 9.13. The Morgan fingerprint density at radius 1 is 1.19 bits per heavy atom. The molecule has 0 aliphatic rings. The summed E-state index contributed by atoms with van der Waals surface area (Å²) in [5.41, 5.74) is 2.75. The minimum atomic E-state index is -0.508. The van der Waals surface area contributed by atoms with Gasteiger partial charge < -0.3 is 9.52 Å². The lowest BCUT2D eigenvalue weighted by atomic mass is 10.2. The minimum Gasteiger partial charge on any atom is -0.506 e. The number of benzene rings is 1. The minimum absolute atomic E-state index is 0.0275. The van der Waals surface area contributed by atoms with Crippen molar-refractivity contribution in [2.24, 2.45) is 5.10 Å². The molecule has 0 atom stereocenters. The van der Waals surface area contributed by atoms with Gasteiger partial charge in [-0.1, -0.05) is 15.9 Å². The highest BCUT2D eigenvalue weighted by Gasteiger charge is 2.13. The second kappa shape index (κ2) is 7.08. The summed E-state index contributed by atoms with van der Waals surface area (Å²) in [5, 5.41) is 13.6. The van der Waals surface area contributed by atoms with Crippen molar-refractivity contribution in [1.29, 1.82) is 0 Å². The molecule has 1 aromatic heterocycles. The number of halogens is 4. The summed E-state index contributed by atoms with van der Waals surface area (Å²) in [5.74, 6) is -0.378. The maximum atomic E-state index is 11.8. The van der Waals surface area contributed by atoms with Gasteiger partial charge in [0.1, 0.15) is 5.75 Å². The van der Waals surface area contributed by atoms with Gasteiger partial charge >= 0.3 is 5.91 Å². The van der Waals surface area contributed by atoms with E-state index in [1.54, 1.807) is 12.1 Å². The molecule has 21 heavy (non-hydrogen) atoms. The molecule has 1 amide bonds. The quantitative estimate of drug-likeness (QED) is 0.430. The average molecular weight is 546 g/mol. The molecular formula is C12H6Br4N2O3. The Kier molecular flexibility index (Phi) is 5.64. The number of phenols is 1. The van der Waals surface area contributed by atoms with Crippen LogP contribution in [0.1, 0.15) is 16.1 Å². The molecule has 0 fully saturated rings. The molecule has 2 N–H and O–H groups in total. The number of aromatic hydroxyl groups is 1. The van der Waals surface area contributed by atoms with Crippen LogP contribution in [0.4, 0.5) is 0 Å². The number of nitrogens with zero attached hydrogens (tertiary/aromatic N) is 1. The summed E-state index contributed by atoms with van der Waals surface area (Å²) >= 11 is 12.9. The van der Waals surface area contributed by atoms with Gasteiger partial charge in [0.15, 0.2) is 10.4 Å². The summed E-state index contributed by atoms with van der Waals surface area (Å²) in [6, 6.07) is 4.88. The van der Waals surface area contributed by atoms with Gasteiger partial charge in [-0.3, -0.25) is 4.79 Å². The van der Waals surface area contributed by atoms with Gasteiger partial charge in [-0.05, 0) is 59.9 Å². The fourth-order valence-corrected chi connectivity index (χ4v) is 3.19. The second-order valence-electron chi connectivity index (χ2n) is 3.76. The van der Waals surface area contributed by atoms with Crippen LogP contribution in [0, 0.1) is 0 Å². The number of hydrogen-bond acceptors (Lipinski definition) is 4. The number of phenolic OH excluding ortho intramolecular Hbond substituents is 1. The third-order valence-electron chi connectivity index (χ3n) is 2.30. The molecule has 0 saturated carbocycles. The van der Waals surface area contributed by atoms with Crippen LogP contribution in [0.3, 0.4) is 0 Å². The Bertz CT molecular complexity index is 708. The molecular weight excluding hydrogens is 540 g/mol. The fourth-order valence-electron chi connectivity index (χ4n) is 1.36. The summed E-state index contributed by atoms with van der Waals surface area (Å²) in [7, 11) is 0. The van der Waals surface area contributed by atoms with Gasteiger partial charge in [0.25, 0.3) is 0 Å². The molecule has 2 aromatic rings. The highest BCUT2D eigenvalue weighted by atomic mass is 79.9. The molecule has 0 bridgehead atoms. The number of furan rings is 1. The van der Waals surface area contributed by atoms with E-state index in [2.05, 4.69) is 74.2 Å². The summed E-state index contributed by atoms with van der Waals surface area (Å²) in [6.45, 7) is 0. The average Bonchev–Trinajstić information content (AvgIpc) is 2.75. The summed E-state index contributed by atoms with van der Waals surface area (Å²) < 4.78 is 7.49. The van der Waals surface area contributed by atoms with Crippen molar-refractivity contribution < 1.29 is 14.3 Å². The Balaban J connectivity index is 2.11. The molecule has 1 aromatic carbocycles. The van der Waals surface area contributed by atoms with E-state index in [1.807, 2.05) is 0 Å². The van der Waals surface area contributed by atoms with Crippen LogP contribution in [0.2, 0.25) is 0 Å². The van der Waals surface area contributed by atoms with Gasteiger partial charge in [0, 0.05) is 16.1 Å². The summed E-state index contributed by atoms with van der Waals surface area (Å²) in [6.07, 6.45) is 1.33. The van der Waals surface area contributed by atoms with E-state index in [0.29, 0.717) is 19.2 Å². The van der Waals surface area contributed by atoms with Crippen molar-refractivity contribution in [1.82, 2.24) is 5.43 Å². The van der Waals surface area contributed by atoms with Crippen LogP contribution in [0.15, 0.2) is 45.8 Å². The zero-order valence-electron chi connectivity index (χ0n) is 10.0. The van der Waals surface area contributed by atoms with Crippen LogP contribution in [0.5, 0.6) is 5.75 Å². The first-order valence-electron chi connectivity index (χ1n) is 5.34. The number of nitrogens with one attached hydrogen (secondary N) is 1. The van der Waals surface area contributed by atoms with Crippen molar-refractivity contribution in [3.05, 3.63) is 47.6 Å². The number of carbonyl (C=O) groups excluding carboxylic acids is 1. The van der Waals surface area contributed by atoms with Crippen molar-refractivity contribution >= 4 is 75.8 Å². The van der Waals surface area contributed by atoms with E-state index in [0.717, 1.165) is 4.47 Å². The van der Waals surface area contributed by atoms with Gasteiger partial charge in [0.05, 0.1) is 15.2 Å². The smallest absolute Gasteiger partial charge is 0.307 e. The third kappa shape index (κ3) is 4.18. The van der Waals surface area contributed by atoms with E-state index in [-0.39, 0.29) is 11.5 Å². The van der Waals surface area contributed by atoms with E-state index < -0.39 is 5.91 Å². The molecule has 5 nitrogen and oxygen atoms in total. The first-order chi connectivity index (χ1) is 9.88. The van der Waals surface area contributed by atoms with Crippen LogP contribution in [0.25, 0.3) is 0 Å². The lowest BCUT2D eigenvalue weighted by Gasteiger charge is -2.02. The van der Waals surface area contributed by atoms with Crippen LogP contribution < -0.4 is 5.43 Å². The molecule has 0 radical (unpaired) electrons. The standard InChI is InChI=1S/C12H6Br4N2O3/c13-6-1-5(10(19)7(14)2-6)4-17-18-12(20)9-3-8(15)11(16)21-9/h1-4,19H,(H,18,20)/b17-4+. The second-order valence-corrected chi connectivity index (χ2v) is 7.10. The van der Waals surface area contributed by atoms with Crippen molar-refractivity contribution in [2.75, 3.05) is 0 Å². The van der Waals surface area contributed by atoms with Gasteiger partial charge in [-0.15, -0.1) is 0 Å². The molecule has 2 rings (SSSR count). The molecule has 9 heteroatoms. The molecule has 0 spiro atoms. The maximum absolute atomic E-state index is 11.8.